The first-order chi connectivity index (χ1) is 8.09. The van der Waals surface area contributed by atoms with Gasteiger partial charge in [-0.3, -0.25) is 0 Å². The fourth-order valence-corrected chi connectivity index (χ4v) is 1.84. The summed E-state index contributed by atoms with van der Waals surface area (Å²) in [5.41, 5.74) is 6.07. The first kappa shape index (κ1) is 11.9. The van der Waals surface area contributed by atoms with E-state index in [1.165, 1.54) is 18.2 Å². The lowest BCUT2D eigenvalue weighted by Crippen LogP contribution is -2.00. The van der Waals surface area contributed by atoms with Gasteiger partial charge >= 0.3 is 0 Å². The molecule has 5 heteroatoms. The molecule has 2 aromatic rings. The van der Waals surface area contributed by atoms with Crippen molar-refractivity contribution in [2.75, 3.05) is 11.1 Å². The highest BCUT2D eigenvalue weighted by atomic mass is 79.9. The molecule has 0 heterocycles. The highest BCUT2D eigenvalue weighted by Crippen LogP contribution is 2.31. The molecule has 0 aliphatic heterocycles. The summed E-state index contributed by atoms with van der Waals surface area (Å²) < 4.78 is 27.3. The maximum atomic E-state index is 13.5. The van der Waals surface area contributed by atoms with E-state index in [1.54, 1.807) is 18.2 Å². The molecule has 0 aromatic heterocycles. The zero-order valence-electron chi connectivity index (χ0n) is 8.68. The SMILES string of the molecule is Nc1c(F)cccc1Nc1c(F)cccc1Br. The predicted molar refractivity (Wildman–Crippen MR) is 68.2 cm³/mol. The van der Waals surface area contributed by atoms with Crippen LogP contribution in [0.25, 0.3) is 0 Å². The molecular formula is C12H9BrF2N2. The average molecular weight is 299 g/mol. The van der Waals surface area contributed by atoms with Crippen LogP contribution >= 0.6 is 15.9 Å². The van der Waals surface area contributed by atoms with Crippen molar-refractivity contribution in [3.8, 4) is 0 Å². The molecule has 2 aromatic carbocycles. The summed E-state index contributed by atoms with van der Waals surface area (Å²) in [4.78, 5) is 0. The zero-order chi connectivity index (χ0) is 12.4. The summed E-state index contributed by atoms with van der Waals surface area (Å²) in [5.74, 6) is -0.981. The Labute approximate surface area is 106 Å². The van der Waals surface area contributed by atoms with E-state index in [0.717, 1.165) is 0 Å². The monoisotopic (exact) mass is 298 g/mol. The second-order valence-electron chi connectivity index (χ2n) is 3.42. The van der Waals surface area contributed by atoms with Crippen LogP contribution in [-0.2, 0) is 0 Å². The lowest BCUT2D eigenvalue weighted by Gasteiger charge is -2.12. The number of nitrogens with one attached hydrogen (secondary N) is 1. The molecule has 0 atom stereocenters. The quantitative estimate of drug-likeness (QED) is 0.821. The van der Waals surface area contributed by atoms with Gasteiger partial charge in [0.2, 0.25) is 0 Å². The Morgan fingerprint density at radius 1 is 1.00 bits per heavy atom. The minimum absolute atomic E-state index is 0.0392. The normalized spacial score (nSPS) is 10.3. The van der Waals surface area contributed by atoms with E-state index in [-0.39, 0.29) is 11.4 Å². The van der Waals surface area contributed by atoms with Crippen molar-refractivity contribution in [3.05, 3.63) is 52.5 Å². The lowest BCUT2D eigenvalue weighted by molar-refractivity contribution is 0.629. The summed E-state index contributed by atoms with van der Waals surface area (Å²) >= 11 is 3.21. The third kappa shape index (κ3) is 2.39. The molecule has 0 saturated heterocycles. The molecule has 3 N–H and O–H groups in total. The number of nitrogen functional groups attached to an aromatic ring is 1. The summed E-state index contributed by atoms with van der Waals surface area (Å²) in [5, 5.41) is 2.76. The van der Waals surface area contributed by atoms with Gasteiger partial charge in [0.15, 0.2) is 0 Å². The Morgan fingerprint density at radius 2 is 1.65 bits per heavy atom. The maximum absolute atomic E-state index is 13.5. The van der Waals surface area contributed by atoms with Crippen LogP contribution in [0.5, 0.6) is 0 Å². The highest BCUT2D eigenvalue weighted by molar-refractivity contribution is 9.10. The standard InChI is InChI=1S/C12H9BrF2N2/c13-7-3-1-5-9(15)12(7)17-10-6-2-4-8(14)11(10)16/h1-6,17H,16H2. The van der Waals surface area contributed by atoms with Gasteiger partial charge in [-0.15, -0.1) is 0 Å². The highest BCUT2D eigenvalue weighted by Gasteiger charge is 2.09. The molecule has 0 amide bonds. The van der Waals surface area contributed by atoms with Gasteiger partial charge in [0.25, 0.3) is 0 Å². The van der Waals surface area contributed by atoms with E-state index < -0.39 is 11.6 Å². The van der Waals surface area contributed by atoms with Crippen LogP contribution in [0.2, 0.25) is 0 Å². The summed E-state index contributed by atoms with van der Waals surface area (Å²) in [6, 6.07) is 8.89. The summed E-state index contributed by atoms with van der Waals surface area (Å²) in [7, 11) is 0. The van der Waals surface area contributed by atoms with E-state index >= 15 is 0 Å². The smallest absolute Gasteiger partial charge is 0.148 e. The minimum atomic E-state index is -0.539. The summed E-state index contributed by atoms with van der Waals surface area (Å²) in [6.45, 7) is 0. The third-order valence-electron chi connectivity index (χ3n) is 2.28. The van der Waals surface area contributed by atoms with Crippen molar-refractivity contribution in [2.45, 2.75) is 0 Å². The first-order valence-corrected chi connectivity index (χ1v) is 5.64. The number of nitrogens with two attached hydrogens (primary N) is 1. The molecule has 0 saturated carbocycles. The molecular weight excluding hydrogens is 290 g/mol. The topological polar surface area (TPSA) is 38.0 Å². The van der Waals surface area contributed by atoms with Crippen molar-refractivity contribution in [3.63, 3.8) is 0 Å². The number of hydrogen-bond donors (Lipinski definition) is 2. The minimum Gasteiger partial charge on any atom is -0.395 e. The van der Waals surface area contributed by atoms with Crippen LogP contribution in [0, 0.1) is 11.6 Å². The van der Waals surface area contributed by atoms with Crippen molar-refractivity contribution in [1.82, 2.24) is 0 Å². The Kier molecular flexibility index (Phi) is 3.28. The second-order valence-corrected chi connectivity index (χ2v) is 4.28. The van der Waals surface area contributed by atoms with Gasteiger partial charge in [0.05, 0.1) is 17.1 Å². The van der Waals surface area contributed by atoms with Crippen molar-refractivity contribution in [2.24, 2.45) is 0 Å². The van der Waals surface area contributed by atoms with Crippen molar-refractivity contribution < 1.29 is 8.78 Å². The summed E-state index contributed by atoms with van der Waals surface area (Å²) in [6.07, 6.45) is 0. The molecule has 0 unspecified atom stereocenters. The number of halogens is 3. The van der Waals surface area contributed by atoms with Crippen LogP contribution in [0.4, 0.5) is 25.8 Å². The number of rotatable bonds is 2. The zero-order valence-corrected chi connectivity index (χ0v) is 10.3. The van der Waals surface area contributed by atoms with Crippen LogP contribution < -0.4 is 11.1 Å². The Hall–Kier alpha value is -1.62. The molecule has 0 spiro atoms. The van der Waals surface area contributed by atoms with E-state index in [0.29, 0.717) is 10.2 Å². The van der Waals surface area contributed by atoms with Gasteiger partial charge in [-0.2, -0.15) is 0 Å². The molecule has 0 aliphatic carbocycles. The Balaban J connectivity index is 2.42. The number of anilines is 3. The van der Waals surface area contributed by atoms with Crippen molar-refractivity contribution in [1.29, 1.82) is 0 Å². The van der Waals surface area contributed by atoms with Crippen molar-refractivity contribution >= 4 is 33.0 Å². The molecule has 2 nitrogen and oxygen atoms in total. The van der Waals surface area contributed by atoms with E-state index in [1.807, 2.05) is 0 Å². The molecule has 0 radical (unpaired) electrons. The Bertz CT molecular complexity index is 538. The predicted octanol–water partition coefficient (Wildman–Crippen LogP) is 4.05. The van der Waals surface area contributed by atoms with Crippen LogP contribution in [0.15, 0.2) is 40.9 Å². The maximum Gasteiger partial charge on any atom is 0.148 e. The molecule has 88 valence electrons. The number of para-hydroxylation sites is 2. The van der Waals surface area contributed by atoms with E-state index in [2.05, 4.69) is 21.2 Å². The van der Waals surface area contributed by atoms with Gasteiger partial charge in [0, 0.05) is 4.47 Å². The molecule has 0 bridgehead atoms. The molecule has 2 rings (SSSR count). The fraction of sp³-hybridized carbons (Fsp3) is 0. The van der Waals surface area contributed by atoms with Crippen LogP contribution in [-0.4, -0.2) is 0 Å². The van der Waals surface area contributed by atoms with E-state index in [9.17, 15) is 8.78 Å². The lowest BCUT2D eigenvalue weighted by atomic mass is 10.2. The first-order valence-electron chi connectivity index (χ1n) is 4.84. The molecule has 17 heavy (non-hydrogen) atoms. The molecule has 0 fully saturated rings. The second kappa shape index (κ2) is 4.71. The largest absolute Gasteiger partial charge is 0.395 e. The van der Waals surface area contributed by atoms with Gasteiger partial charge in [-0.25, -0.2) is 8.78 Å². The third-order valence-corrected chi connectivity index (χ3v) is 2.94. The number of benzene rings is 2. The van der Waals surface area contributed by atoms with Crippen LogP contribution in [0.3, 0.4) is 0 Å². The van der Waals surface area contributed by atoms with Gasteiger partial charge < -0.3 is 11.1 Å². The van der Waals surface area contributed by atoms with Crippen LogP contribution in [0.1, 0.15) is 0 Å². The number of hydrogen-bond acceptors (Lipinski definition) is 2. The Morgan fingerprint density at radius 3 is 2.35 bits per heavy atom. The van der Waals surface area contributed by atoms with Gasteiger partial charge in [0.1, 0.15) is 11.6 Å². The van der Waals surface area contributed by atoms with Gasteiger partial charge in [-0.1, -0.05) is 12.1 Å². The average Bonchev–Trinajstić information content (AvgIpc) is 2.29. The van der Waals surface area contributed by atoms with Gasteiger partial charge in [-0.05, 0) is 40.2 Å². The van der Waals surface area contributed by atoms with E-state index in [4.69, 9.17) is 5.73 Å². The molecule has 0 aliphatic rings. The fourth-order valence-electron chi connectivity index (χ4n) is 1.40.